The molecule has 4 fully saturated rings. The standard InChI is InChI=1S/C18H25NO3/c1-11-5-8-18-15(2,22-18)7-6-13-12(9-19(3)4)14(20)21-17(13)10-16(11,17)18/h5,12-13H,6-10H2,1-4H3. The van der Waals surface area contributed by atoms with Gasteiger partial charge in [0.2, 0.25) is 0 Å². The maximum Gasteiger partial charge on any atom is 0.311 e. The van der Waals surface area contributed by atoms with E-state index in [4.69, 9.17) is 9.47 Å². The van der Waals surface area contributed by atoms with Crippen LogP contribution in [0.3, 0.4) is 0 Å². The molecular weight excluding hydrogens is 278 g/mol. The zero-order valence-corrected chi connectivity index (χ0v) is 13.9. The van der Waals surface area contributed by atoms with Gasteiger partial charge < -0.3 is 14.4 Å². The van der Waals surface area contributed by atoms with E-state index in [0.29, 0.717) is 5.92 Å². The highest BCUT2D eigenvalue weighted by molar-refractivity contribution is 5.79. The summed E-state index contributed by atoms with van der Waals surface area (Å²) in [5.41, 5.74) is 1.03. The SMILES string of the molecule is CC1=CCC23OC2(C)CCC2C(CN(C)C)C(=O)OC24CC143. The first kappa shape index (κ1) is 13.6. The van der Waals surface area contributed by atoms with Crippen LogP contribution in [0.25, 0.3) is 0 Å². The zero-order chi connectivity index (χ0) is 15.5. The molecular formula is C18H25NO3. The first-order valence-electron chi connectivity index (χ1n) is 8.57. The summed E-state index contributed by atoms with van der Waals surface area (Å²) in [5.74, 6) is 0.407. The van der Waals surface area contributed by atoms with Gasteiger partial charge >= 0.3 is 5.97 Å². The van der Waals surface area contributed by atoms with E-state index in [2.05, 4.69) is 24.8 Å². The number of ether oxygens (including phenoxy) is 2. The van der Waals surface area contributed by atoms with Gasteiger partial charge in [-0.25, -0.2) is 0 Å². The second-order valence-electron chi connectivity index (χ2n) is 8.66. The Kier molecular flexibility index (Phi) is 2.13. The third-order valence-corrected chi connectivity index (χ3v) is 7.56. The van der Waals surface area contributed by atoms with Crippen LogP contribution in [0.1, 0.15) is 39.5 Å². The molecule has 3 aliphatic carbocycles. The van der Waals surface area contributed by atoms with Crippen molar-refractivity contribution in [3.63, 3.8) is 0 Å². The fourth-order valence-corrected chi connectivity index (χ4v) is 6.53. The van der Waals surface area contributed by atoms with Gasteiger partial charge in [0.05, 0.1) is 16.9 Å². The Morgan fingerprint density at radius 1 is 1.41 bits per heavy atom. The Labute approximate surface area is 131 Å². The molecule has 0 bridgehead atoms. The normalized spacial score (nSPS) is 57.3. The third kappa shape index (κ3) is 1.11. The van der Waals surface area contributed by atoms with Crippen molar-refractivity contribution in [1.82, 2.24) is 4.90 Å². The average Bonchev–Trinajstić information content (AvgIpc) is 3.19. The van der Waals surface area contributed by atoms with Gasteiger partial charge in [-0.15, -0.1) is 0 Å². The summed E-state index contributed by atoms with van der Waals surface area (Å²) in [5, 5.41) is 0. The number of epoxide rings is 1. The molecule has 3 spiro atoms. The minimum Gasteiger partial charge on any atom is -0.457 e. The number of rotatable bonds is 2. The molecule has 2 saturated carbocycles. The number of carbonyl (C=O) groups excluding carboxylic acids is 1. The lowest BCUT2D eigenvalue weighted by molar-refractivity contribution is -0.147. The van der Waals surface area contributed by atoms with Gasteiger partial charge in [0.25, 0.3) is 0 Å². The molecule has 5 aliphatic rings. The van der Waals surface area contributed by atoms with E-state index in [1.54, 1.807) is 0 Å². The van der Waals surface area contributed by atoms with Crippen molar-refractivity contribution in [3.8, 4) is 0 Å². The fourth-order valence-electron chi connectivity index (χ4n) is 6.53. The van der Waals surface area contributed by atoms with E-state index in [-0.39, 0.29) is 34.1 Å². The van der Waals surface area contributed by atoms with Crippen molar-refractivity contribution >= 4 is 5.97 Å². The maximum absolute atomic E-state index is 12.6. The zero-order valence-electron chi connectivity index (χ0n) is 13.9. The molecule has 0 N–H and O–H groups in total. The summed E-state index contributed by atoms with van der Waals surface area (Å²) in [6.45, 7) is 5.30. The predicted octanol–water partition coefficient (Wildman–Crippen LogP) is 2.14. The highest BCUT2D eigenvalue weighted by Gasteiger charge is 2.95. The maximum atomic E-state index is 12.6. The summed E-state index contributed by atoms with van der Waals surface area (Å²) >= 11 is 0. The lowest BCUT2D eigenvalue weighted by atomic mass is 9.76. The molecule has 0 radical (unpaired) electrons. The van der Waals surface area contributed by atoms with Crippen LogP contribution in [0.5, 0.6) is 0 Å². The topological polar surface area (TPSA) is 42.1 Å². The Hall–Kier alpha value is -0.870. The summed E-state index contributed by atoms with van der Waals surface area (Å²) in [7, 11) is 4.09. The van der Waals surface area contributed by atoms with Gasteiger partial charge in [-0.05, 0) is 47.2 Å². The van der Waals surface area contributed by atoms with Crippen molar-refractivity contribution < 1.29 is 14.3 Å². The summed E-state index contributed by atoms with van der Waals surface area (Å²) in [6, 6.07) is 0. The highest BCUT2D eigenvalue weighted by Crippen LogP contribution is 2.86. The lowest BCUT2D eigenvalue weighted by Gasteiger charge is -2.27. The second kappa shape index (κ2) is 3.46. The van der Waals surface area contributed by atoms with E-state index in [0.717, 1.165) is 32.2 Å². The molecule has 6 atom stereocenters. The lowest BCUT2D eigenvalue weighted by Crippen LogP contribution is -2.38. The smallest absolute Gasteiger partial charge is 0.311 e. The summed E-state index contributed by atoms with van der Waals surface area (Å²) in [6.07, 6.45) is 6.44. The van der Waals surface area contributed by atoms with E-state index in [1.807, 2.05) is 14.1 Å². The monoisotopic (exact) mass is 303 g/mol. The Morgan fingerprint density at radius 3 is 2.91 bits per heavy atom. The van der Waals surface area contributed by atoms with Gasteiger partial charge in [0.15, 0.2) is 0 Å². The Morgan fingerprint density at radius 2 is 2.18 bits per heavy atom. The molecule has 0 aromatic carbocycles. The van der Waals surface area contributed by atoms with Crippen LogP contribution >= 0.6 is 0 Å². The number of carbonyl (C=O) groups is 1. The van der Waals surface area contributed by atoms with E-state index in [9.17, 15) is 4.79 Å². The molecule has 2 saturated heterocycles. The second-order valence-corrected chi connectivity index (χ2v) is 8.66. The van der Waals surface area contributed by atoms with E-state index < -0.39 is 0 Å². The first-order chi connectivity index (χ1) is 10.3. The number of hydrogen-bond donors (Lipinski definition) is 0. The molecule has 22 heavy (non-hydrogen) atoms. The van der Waals surface area contributed by atoms with Crippen molar-refractivity contribution in [3.05, 3.63) is 11.6 Å². The molecule has 2 aliphatic heterocycles. The summed E-state index contributed by atoms with van der Waals surface area (Å²) < 4.78 is 12.5. The summed E-state index contributed by atoms with van der Waals surface area (Å²) in [4.78, 5) is 14.7. The van der Waals surface area contributed by atoms with Crippen LogP contribution < -0.4 is 0 Å². The van der Waals surface area contributed by atoms with Crippen LogP contribution in [0.15, 0.2) is 11.6 Å². The average molecular weight is 303 g/mol. The van der Waals surface area contributed by atoms with Crippen LogP contribution in [0, 0.1) is 17.3 Å². The molecule has 4 heteroatoms. The Bertz CT molecular complexity index is 628. The van der Waals surface area contributed by atoms with Gasteiger partial charge in [0, 0.05) is 18.9 Å². The minimum atomic E-state index is -0.268. The largest absolute Gasteiger partial charge is 0.457 e. The van der Waals surface area contributed by atoms with Crippen molar-refractivity contribution in [2.45, 2.75) is 56.3 Å². The van der Waals surface area contributed by atoms with Crippen molar-refractivity contribution in [2.75, 3.05) is 20.6 Å². The van der Waals surface area contributed by atoms with Gasteiger partial charge in [0.1, 0.15) is 11.2 Å². The van der Waals surface area contributed by atoms with Crippen LogP contribution in [0.2, 0.25) is 0 Å². The van der Waals surface area contributed by atoms with E-state index >= 15 is 0 Å². The van der Waals surface area contributed by atoms with Crippen molar-refractivity contribution in [1.29, 1.82) is 0 Å². The fraction of sp³-hybridized carbons (Fsp3) is 0.833. The number of hydrogen-bond acceptors (Lipinski definition) is 4. The molecule has 0 aromatic heterocycles. The Balaban J connectivity index is 1.61. The molecule has 120 valence electrons. The molecule has 2 heterocycles. The predicted molar refractivity (Wildman–Crippen MR) is 81.2 cm³/mol. The number of esters is 1. The third-order valence-electron chi connectivity index (χ3n) is 7.56. The van der Waals surface area contributed by atoms with Gasteiger partial charge in [-0.2, -0.15) is 0 Å². The molecule has 0 aromatic rings. The van der Waals surface area contributed by atoms with Gasteiger partial charge in [-0.3, -0.25) is 4.79 Å². The molecule has 4 nitrogen and oxygen atoms in total. The van der Waals surface area contributed by atoms with E-state index in [1.165, 1.54) is 5.57 Å². The van der Waals surface area contributed by atoms with Crippen molar-refractivity contribution in [2.24, 2.45) is 17.3 Å². The molecule has 0 amide bonds. The highest BCUT2D eigenvalue weighted by atomic mass is 16.6. The minimum absolute atomic E-state index is 0.00975. The van der Waals surface area contributed by atoms with Crippen LogP contribution in [-0.4, -0.2) is 48.3 Å². The van der Waals surface area contributed by atoms with Gasteiger partial charge in [-0.1, -0.05) is 11.6 Å². The number of nitrogens with zero attached hydrogens (tertiary/aromatic N) is 1. The van der Waals surface area contributed by atoms with Crippen LogP contribution in [0.4, 0.5) is 0 Å². The quantitative estimate of drug-likeness (QED) is 0.445. The first-order valence-corrected chi connectivity index (χ1v) is 8.57. The molecule has 6 unspecified atom stereocenters. The van der Waals surface area contributed by atoms with Crippen LogP contribution in [-0.2, 0) is 14.3 Å². The molecule has 5 rings (SSSR count).